The summed E-state index contributed by atoms with van der Waals surface area (Å²) in [5.74, 6) is -1.02. The molecule has 0 aliphatic carbocycles. The van der Waals surface area contributed by atoms with Gasteiger partial charge in [-0.3, -0.25) is 0 Å². The van der Waals surface area contributed by atoms with Gasteiger partial charge in [0.25, 0.3) is 0 Å². The minimum absolute atomic E-state index is 0.620. The third-order valence-corrected chi connectivity index (χ3v) is 5.80. The largest absolute Gasteiger partial charge is 0.479 e. The third-order valence-electron chi connectivity index (χ3n) is 4.53. The fraction of sp³-hybridized carbons (Fsp3) is 0.261. The SMILES string of the molecule is Cc1c([C@@H](OC(C)(C)C)C(=O)O)c(-c2ccc(Cl)cc2)c2ccccc2c1Br. The lowest BCUT2D eigenvalue weighted by Gasteiger charge is -2.29. The minimum Gasteiger partial charge on any atom is -0.479 e. The van der Waals surface area contributed by atoms with Crippen molar-refractivity contribution in [1.82, 2.24) is 0 Å². The summed E-state index contributed by atoms with van der Waals surface area (Å²) in [6, 6.07) is 15.4. The van der Waals surface area contributed by atoms with E-state index >= 15 is 0 Å². The van der Waals surface area contributed by atoms with Gasteiger partial charge in [-0.1, -0.05) is 48.0 Å². The van der Waals surface area contributed by atoms with E-state index in [0.717, 1.165) is 31.9 Å². The van der Waals surface area contributed by atoms with E-state index in [4.69, 9.17) is 16.3 Å². The van der Waals surface area contributed by atoms with Crippen molar-refractivity contribution in [3.63, 3.8) is 0 Å². The van der Waals surface area contributed by atoms with E-state index in [1.54, 1.807) is 0 Å². The van der Waals surface area contributed by atoms with Crippen molar-refractivity contribution in [2.45, 2.75) is 39.4 Å². The first-order valence-electron chi connectivity index (χ1n) is 8.97. The van der Waals surface area contributed by atoms with E-state index in [9.17, 15) is 9.90 Å². The maximum atomic E-state index is 12.3. The zero-order valence-corrected chi connectivity index (χ0v) is 18.6. The normalized spacial score (nSPS) is 12.9. The van der Waals surface area contributed by atoms with Crippen molar-refractivity contribution in [2.24, 2.45) is 0 Å². The number of hydrogen-bond acceptors (Lipinski definition) is 2. The van der Waals surface area contributed by atoms with Gasteiger partial charge in [0, 0.05) is 15.1 Å². The molecule has 0 spiro atoms. The third kappa shape index (κ3) is 4.09. The van der Waals surface area contributed by atoms with Gasteiger partial charge in [0.05, 0.1) is 5.60 Å². The summed E-state index contributed by atoms with van der Waals surface area (Å²) in [6.07, 6.45) is -1.11. The van der Waals surface area contributed by atoms with Gasteiger partial charge in [0.2, 0.25) is 0 Å². The average molecular weight is 462 g/mol. The van der Waals surface area contributed by atoms with Gasteiger partial charge in [-0.2, -0.15) is 0 Å². The van der Waals surface area contributed by atoms with E-state index in [-0.39, 0.29) is 0 Å². The van der Waals surface area contributed by atoms with Crippen LogP contribution in [0.5, 0.6) is 0 Å². The topological polar surface area (TPSA) is 46.5 Å². The second kappa shape index (κ2) is 7.86. The average Bonchev–Trinajstić information content (AvgIpc) is 2.63. The summed E-state index contributed by atoms with van der Waals surface area (Å²) in [5, 5.41) is 12.6. The van der Waals surface area contributed by atoms with Crippen molar-refractivity contribution in [1.29, 1.82) is 0 Å². The molecule has 0 radical (unpaired) electrons. The van der Waals surface area contributed by atoms with Gasteiger partial charge in [0.1, 0.15) is 0 Å². The Labute approximate surface area is 178 Å². The minimum atomic E-state index is -1.11. The molecule has 1 N–H and O–H groups in total. The van der Waals surface area contributed by atoms with Crippen LogP contribution in [-0.4, -0.2) is 16.7 Å². The lowest BCUT2D eigenvalue weighted by molar-refractivity contribution is -0.160. The van der Waals surface area contributed by atoms with Gasteiger partial charge in [0.15, 0.2) is 6.10 Å². The number of rotatable bonds is 4. The van der Waals surface area contributed by atoms with Crippen LogP contribution in [0.2, 0.25) is 5.02 Å². The Morgan fingerprint density at radius 3 is 2.18 bits per heavy atom. The van der Waals surface area contributed by atoms with Crippen LogP contribution in [0.4, 0.5) is 0 Å². The van der Waals surface area contributed by atoms with Crippen molar-refractivity contribution >= 4 is 44.3 Å². The van der Waals surface area contributed by atoms with E-state index in [2.05, 4.69) is 15.9 Å². The van der Waals surface area contributed by atoms with Gasteiger partial charge in [-0.05, 0) is 83.2 Å². The Morgan fingerprint density at radius 2 is 1.64 bits per heavy atom. The van der Waals surface area contributed by atoms with E-state index < -0.39 is 17.7 Å². The molecule has 0 fully saturated rings. The highest BCUT2D eigenvalue weighted by Gasteiger charge is 2.32. The highest BCUT2D eigenvalue weighted by molar-refractivity contribution is 9.10. The lowest BCUT2D eigenvalue weighted by atomic mass is 9.87. The molecule has 0 unspecified atom stereocenters. The molecule has 0 aromatic heterocycles. The van der Waals surface area contributed by atoms with E-state index in [1.165, 1.54) is 0 Å². The molecule has 0 saturated carbocycles. The quantitative estimate of drug-likeness (QED) is 0.448. The Morgan fingerprint density at radius 1 is 1.07 bits per heavy atom. The van der Waals surface area contributed by atoms with E-state index in [0.29, 0.717) is 10.6 Å². The molecule has 0 bridgehead atoms. The number of carboxylic acid groups (broad SMARTS) is 1. The zero-order chi connectivity index (χ0) is 20.6. The summed E-state index contributed by atoms with van der Waals surface area (Å²) >= 11 is 9.76. The standard InChI is InChI=1S/C23H22BrClO3/c1-13-18(21(22(26)27)28-23(2,3)4)19(14-9-11-15(25)12-10-14)16-7-5-6-8-17(16)20(13)24/h5-12,21H,1-4H3,(H,26,27)/t21-/m1/s1. The Kier molecular flexibility index (Phi) is 5.85. The molecule has 3 nitrogen and oxygen atoms in total. The Bertz CT molecular complexity index is 1040. The number of halogens is 2. The van der Waals surface area contributed by atoms with Gasteiger partial charge in [-0.15, -0.1) is 0 Å². The highest BCUT2D eigenvalue weighted by Crippen LogP contribution is 2.44. The summed E-state index contributed by atoms with van der Waals surface area (Å²) in [7, 11) is 0. The van der Waals surface area contributed by atoms with Gasteiger partial charge < -0.3 is 9.84 Å². The molecule has 3 rings (SSSR count). The molecule has 0 amide bonds. The molecule has 28 heavy (non-hydrogen) atoms. The van der Waals surface area contributed by atoms with Gasteiger partial charge in [-0.25, -0.2) is 4.79 Å². The molecule has 0 aliphatic heterocycles. The van der Waals surface area contributed by atoms with Crippen LogP contribution in [0, 0.1) is 6.92 Å². The molecular formula is C23H22BrClO3. The number of hydrogen-bond donors (Lipinski definition) is 1. The van der Waals surface area contributed by atoms with Crippen LogP contribution >= 0.6 is 27.5 Å². The first kappa shape index (κ1) is 20.8. The number of fused-ring (bicyclic) bond motifs is 1. The number of carboxylic acids is 1. The van der Waals surface area contributed by atoms with Gasteiger partial charge >= 0.3 is 5.97 Å². The number of ether oxygens (including phenoxy) is 1. The predicted octanol–water partition coefficient (Wildman–Crippen LogP) is 7.17. The zero-order valence-electron chi connectivity index (χ0n) is 16.2. The van der Waals surface area contributed by atoms with Crippen molar-refractivity contribution < 1.29 is 14.6 Å². The van der Waals surface area contributed by atoms with E-state index in [1.807, 2.05) is 76.2 Å². The maximum absolute atomic E-state index is 12.3. The Balaban J connectivity index is 2.43. The van der Waals surface area contributed by atoms with Crippen molar-refractivity contribution in [3.05, 3.63) is 69.2 Å². The summed E-state index contributed by atoms with van der Waals surface area (Å²) < 4.78 is 6.88. The van der Waals surface area contributed by atoms with Crippen molar-refractivity contribution in [2.75, 3.05) is 0 Å². The second-order valence-corrected chi connectivity index (χ2v) is 8.96. The number of carbonyl (C=O) groups is 1. The molecule has 5 heteroatoms. The maximum Gasteiger partial charge on any atom is 0.337 e. The predicted molar refractivity (Wildman–Crippen MR) is 118 cm³/mol. The Hall–Kier alpha value is -1.88. The molecule has 1 atom stereocenters. The molecule has 0 aliphatic rings. The fourth-order valence-electron chi connectivity index (χ4n) is 3.39. The van der Waals surface area contributed by atoms with Crippen LogP contribution < -0.4 is 0 Å². The lowest BCUT2D eigenvalue weighted by Crippen LogP contribution is -2.28. The van der Waals surface area contributed by atoms with Crippen LogP contribution in [0.1, 0.15) is 38.0 Å². The fourth-order valence-corrected chi connectivity index (χ4v) is 4.07. The van der Waals surface area contributed by atoms with Crippen LogP contribution in [0.3, 0.4) is 0 Å². The first-order chi connectivity index (χ1) is 13.1. The van der Waals surface area contributed by atoms with Crippen LogP contribution in [0.15, 0.2) is 53.0 Å². The molecular weight excluding hydrogens is 440 g/mol. The molecule has 0 heterocycles. The molecule has 0 saturated heterocycles. The first-order valence-corrected chi connectivity index (χ1v) is 10.1. The molecule has 3 aromatic carbocycles. The van der Waals surface area contributed by atoms with Crippen LogP contribution in [-0.2, 0) is 9.53 Å². The number of aliphatic carboxylic acids is 1. The highest BCUT2D eigenvalue weighted by atomic mass is 79.9. The van der Waals surface area contributed by atoms with Crippen molar-refractivity contribution in [3.8, 4) is 11.1 Å². The summed E-state index contributed by atoms with van der Waals surface area (Å²) in [6.45, 7) is 7.50. The number of benzene rings is 3. The smallest absolute Gasteiger partial charge is 0.337 e. The second-order valence-electron chi connectivity index (χ2n) is 7.73. The molecule has 146 valence electrons. The van der Waals surface area contributed by atoms with Crippen LogP contribution in [0.25, 0.3) is 21.9 Å². The molecule has 3 aromatic rings. The summed E-state index contributed by atoms with van der Waals surface area (Å²) in [4.78, 5) is 12.3. The summed E-state index contributed by atoms with van der Waals surface area (Å²) in [5.41, 5.74) is 2.63. The monoisotopic (exact) mass is 460 g/mol.